The number of aryl methyl sites for hydroxylation is 2. The lowest BCUT2D eigenvalue weighted by Crippen LogP contribution is -2.07. The van der Waals surface area contributed by atoms with Crippen LogP contribution in [0.1, 0.15) is 41.4 Å². The van der Waals surface area contributed by atoms with Gasteiger partial charge in [0.1, 0.15) is 10.9 Å². The molecule has 24 heavy (non-hydrogen) atoms. The van der Waals surface area contributed by atoms with Gasteiger partial charge in [-0.15, -0.1) is 0 Å². The van der Waals surface area contributed by atoms with Crippen LogP contribution in [0.3, 0.4) is 0 Å². The van der Waals surface area contributed by atoms with Gasteiger partial charge >= 0.3 is 0 Å². The van der Waals surface area contributed by atoms with Gasteiger partial charge in [0.2, 0.25) is 5.76 Å². The van der Waals surface area contributed by atoms with E-state index < -0.39 is 0 Å². The van der Waals surface area contributed by atoms with Crippen LogP contribution in [0, 0.1) is 6.92 Å². The van der Waals surface area contributed by atoms with Gasteiger partial charge in [-0.2, -0.15) is 0 Å². The average molecular weight is 343 g/mol. The van der Waals surface area contributed by atoms with Gasteiger partial charge in [0.25, 0.3) is 0 Å². The Morgan fingerprint density at radius 1 is 1.29 bits per heavy atom. The zero-order chi connectivity index (χ0) is 17.1. The molecular formula is C17H17N3O3S. The molecule has 7 heteroatoms. The quantitative estimate of drug-likeness (QED) is 0.379. The summed E-state index contributed by atoms with van der Waals surface area (Å²) in [6.45, 7) is 5.36. The zero-order valence-corrected chi connectivity index (χ0v) is 14.5. The minimum absolute atomic E-state index is 0.0333. The fourth-order valence-electron chi connectivity index (χ4n) is 2.33. The number of rotatable bonds is 6. The molecule has 0 unspecified atom stereocenters. The number of hydrogen-bond donors (Lipinski definition) is 0. The van der Waals surface area contributed by atoms with E-state index in [0.29, 0.717) is 33.6 Å². The van der Waals surface area contributed by atoms with Gasteiger partial charge in [0.15, 0.2) is 11.5 Å². The summed E-state index contributed by atoms with van der Waals surface area (Å²) < 4.78 is 10.6. The molecule has 0 aliphatic carbocycles. The summed E-state index contributed by atoms with van der Waals surface area (Å²) in [5.74, 6) is 2.46. The van der Waals surface area contributed by atoms with E-state index in [-0.39, 0.29) is 5.78 Å². The van der Waals surface area contributed by atoms with Crippen LogP contribution in [-0.2, 0) is 12.2 Å². The van der Waals surface area contributed by atoms with Gasteiger partial charge in [-0.3, -0.25) is 4.79 Å². The number of hydrogen-bond acceptors (Lipinski definition) is 7. The second kappa shape index (κ2) is 7.00. The highest BCUT2D eigenvalue weighted by atomic mass is 32.2. The van der Waals surface area contributed by atoms with E-state index in [1.807, 2.05) is 26.0 Å². The summed E-state index contributed by atoms with van der Waals surface area (Å²) in [4.78, 5) is 20.8. The molecule has 0 radical (unpaired) electrons. The predicted octanol–water partition coefficient (Wildman–Crippen LogP) is 4.09. The molecular weight excluding hydrogens is 326 g/mol. The molecule has 3 rings (SSSR count). The monoisotopic (exact) mass is 343 g/mol. The summed E-state index contributed by atoms with van der Waals surface area (Å²) in [6.07, 6.45) is 2.31. The van der Waals surface area contributed by atoms with Crippen molar-refractivity contribution in [2.75, 3.05) is 0 Å². The summed E-state index contributed by atoms with van der Waals surface area (Å²) >= 11 is 1.46. The van der Waals surface area contributed by atoms with Gasteiger partial charge in [-0.1, -0.05) is 23.8 Å². The molecule has 3 aromatic rings. The van der Waals surface area contributed by atoms with Crippen molar-refractivity contribution in [3.05, 3.63) is 47.2 Å². The number of nitrogens with zero attached hydrogens (tertiary/aromatic N) is 3. The van der Waals surface area contributed by atoms with Crippen molar-refractivity contribution in [3.63, 3.8) is 0 Å². The molecule has 0 aromatic carbocycles. The van der Waals surface area contributed by atoms with Gasteiger partial charge < -0.3 is 8.94 Å². The van der Waals surface area contributed by atoms with Gasteiger partial charge in [0, 0.05) is 18.2 Å². The topological polar surface area (TPSA) is 82.0 Å². The van der Waals surface area contributed by atoms with E-state index in [1.54, 1.807) is 12.3 Å². The fourth-order valence-corrected chi connectivity index (χ4v) is 3.35. The van der Waals surface area contributed by atoms with Crippen LogP contribution in [0.2, 0.25) is 0 Å². The molecule has 0 aliphatic heterocycles. The minimum Gasteiger partial charge on any atom is -0.461 e. The third-order valence-corrected chi connectivity index (χ3v) is 4.46. The third-order valence-electron chi connectivity index (χ3n) is 3.45. The lowest BCUT2D eigenvalue weighted by Gasteiger charge is -2.09. The average Bonchev–Trinajstić information content (AvgIpc) is 3.22. The fraction of sp³-hybridized carbons (Fsp3) is 0.294. The van der Waals surface area contributed by atoms with Crippen molar-refractivity contribution in [2.45, 2.75) is 38.0 Å². The summed E-state index contributed by atoms with van der Waals surface area (Å²) in [5.41, 5.74) is 2.05. The first kappa shape index (κ1) is 16.4. The van der Waals surface area contributed by atoms with E-state index in [4.69, 9.17) is 8.94 Å². The van der Waals surface area contributed by atoms with Gasteiger partial charge in [0.05, 0.1) is 23.2 Å². The van der Waals surface area contributed by atoms with E-state index in [0.717, 1.165) is 17.9 Å². The van der Waals surface area contributed by atoms with Crippen LogP contribution in [0.15, 0.2) is 38.4 Å². The molecule has 0 saturated carbocycles. The predicted molar refractivity (Wildman–Crippen MR) is 89.9 cm³/mol. The maximum absolute atomic E-state index is 11.9. The summed E-state index contributed by atoms with van der Waals surface area (Å²) in [5, 5.41) is 4.73. The Morgan fingerprint density at radius 2 is 2.12 bits per heavy atom. The van der Waals surface area contributed by atoms with Crippen molar-refractivity contribution in [1.29, 1.82) is 0 Å². The highest BCUT2D eigenvalue weighted by molar-refractivity contribution is 7.98. The lowest BCUT2D eigenvalue weighted by atomic mass is 10.2. The Morgan fingerprint density at radius 3 is 2.79 bits per heavy atom. The lowest BCUT2D eigenvalue weighted by molar-refractivity contribution is 0.101. The van der Waals surface area contributed by atoms with E-state index in [9.17, 15) is 4.79 Å². The van der Waals surface area contributed by atoms with Crippen molar-refractivity contribution in [3.8, 4) is 11.5 Å². The Hall–Kier alpha value is -2.41. The second-order valence-corrected chi connectivity index (χ2v) is 6.23. The first-order valence-corrected chi connectivity index (χ1v) is 8.57. The Labute approximate surface area is 143 Å². The van der Waals surface area contributed by atoms with E-state index in [1.165, 1.54) is 18.7 Å². The maximum Gasteiger partial charge on any atom is 0.202 e. The Bertz CT molecular complexity index is 856. The molecule has 0 N–H and O–H groups in total. The molecule has 0 amide bonds. The molecule has 3 heterocycles. The van der Waals surface area contributed by atoms with Crippen molar-refractivity contribution < 1.29 is 13.7 Å². The minimum atomic E-state index is -0.0333. The Balaban J connectivity index is 1.81. The molecule has 0 fully saturated rings. The molecule has 0 spiro atoms. The number of ketones is 1. The zero-order valence-electron chi connectivity index (χ0n) is 13.7. The highest BCUT2D eigenvalue weighted by Gasteiger charge is 2.17. The molecule has 0 atom stereocenters. The first-order valence-electron chi connectivity index (χ1n) is 7.59. The molecule has 124 valence electrons. The second-order valence-electron chi connectivity index (χ2n) is 5.26. The highest BCUT2D eigenvalue weighted by Crippen LogP contribution is 2.28. The number of thioether (sulfide) groups is 1. The van der Waals surface area contributed by atoms with Crippen LogP contribution in [-0.4, -0.2) is 20.9 Å². The smallest absolute Gasteiger partial charge is 0.202 e. The van der Waals surface area contributed by atoms with Crippen molar-refractivity contribution >= 4 is 17.5 Å². The van der Waals surface area contributed by atoms with Gasteiger partial charge in [-0.25, -0.2) is 9.97 Å². The van der Waals surface area contributed by atoms with Crippen molar-refractivity contribution in [2.24, 2.45) is 0 Å². The molecule has 0 saturated heterocycles. The number of furan rings is 1. The SMILES string of the molecule is CCc1nc(C)c(C(C)=O)c(SCc2cc(-c3ccco3)on2)n1. The standard InChI is InChI=1S/C17H17N3O3S/c1-4-15-18-10(2)16(11(3)21)17(19-15)24-9-12-8-14(23-20-12)13-6-5-7-22-13/h5-8H,4,9H2,1-3H3. The molecule has 0 aliphatic rings. The van der Waals surface area contributed by atoms with Crippen LogP contribution >= 0.6 is 11.8 Å². The molecule has 3 aromatic heterocycles. The van der Waals surface area contributed by atoms with E-state index >= 15 is 0 Å². The third kappa shape index (κ3) is 3.41. The number of carbonyl (C=O) groups is 1. The summed E-state index contributed by atoms with van der Waals surface area (Å²) in [7, 11) is 0. The van der Waals surface area contributed by atoms with Crippen molar-refractivity contribution in [1.82, 2.24) is 15.1 Å². The Kier molecular flexibility index (Phi) is 4.80. The molecule has 0 bridgehead atoms. The molecule has 6 nitrogen and oxygen atoms in total. The number of aromatic nitrogens is 3. The number of Topliss-reactive ketones (excluding diaryl/α,β-unsaturated/α-hetero) is 1. The van der Waals surface area contributed by atoms with E-state index in [2.05, 4.69) is 15.1 Å². The van der Waals surface area contributed by atoms with Gasteiger partial charge in [-0.05, 0) is 26.0 Å². The first-order chi connectivity index (χ1) is 11.6. The summed E-state index contributed by atoms with van der Waals surface area (Å²) in [6, 6.07) is 5.43. The largest absolute Gasteiger partial charge is 0.461 e. The maximum atomic E-state index is 11.9. The van der Waals surface area contributed by atoms with Crippen LogP contribution in [0.25, 0.3) is 11.5 Å². The van der Waals surface area contributed by atoms with Crippen LogP contribution < -0.4 is 0 Å². The van der Waals surface area contributed by atoms with Crippen LogP contribution in [0.5, 0.6) is 0 Å². The van der Waals surface area contributed by atoms with Crippen LogP contribution in [0.4, 0.5) is 0 Å². The normalized spacial score (nSPS) is 11.0. The number of carbonyl (C=O) groups excluding carboxylic acids is 1.